The smallest absolute Gasteiger partial charge is 0.305 e. The molecule has 1 heterocycles. The molecular weight excluding hydrogens is 318 g/mol. The third kappa shape index (κ3) is 3.63. The summed E-state index contributed by atoms with van der Waals surface area (Å²) in [6, 6.07) is 6.21. The minimum absolute atomic E-state index is 0.0811. The van der Waals surface area contributed by atoms with Gasteiger partial charge in [0.1, 0.15) is 0 Å². The molecule has 1 N–H and O–H groups in total. The summed E-state index contributed by atoms with van der Waals surface area (Å²) < 4.78 is 6.35. The lowest BCUT2D eigenvalue weighted by molar-refractivity contribution is -0.146. The zero-order chi connectivity index (χ0) is 14.8. The highest BCUT2D eigenvalue weighted by atomic mass is 79.9. The molecule has 0 bridgehead atoms. The van der Waals surface area contributed by atoms with Gasteiger partial charge in [0, 0.05) is 33.4 Å². The SMILES string of the molecule is CCC(=O)OCC(C)(C)Cc1c[nH]c2ccc(Br)cc12. The molecule has 0 unspecified atom stereocenters. The van der Waals surface area contributed by atoms with Crippen LogP contribution in [-0.2, 0) is 16.0 Å². The van der Waals surface area contributed by atoms with Crippen LogP contribution in [0.25, 0.3) is 10.9 Å². The Balaban J connectivity index is 2.14. The third-order valence-corrected chi connectivity index (χ3v) is 3.80. The molecule has 4 heteroatoms. The molecule has 0 aliphatic carbocycles. The molecule has 0 fully saturated rings. The molecular formula is C16H20BrNO2. The highest BCUT2D eigenvalue weighted by Crippen LogP contribution is 2.29. The summed E-state index contributed by atoms with van der Waals surface area (Å²) in [6.07, 6.45) is 3.33. The van der Waals surface area contributed by atoms with Crippen LogP contribution in [0.15, 0.2) is 28.9 Å². The molecule has 2 aromatic rings. The Morgan fingerprint density at radius 2 is 2.15 bits per heavy atom. The fraction of sp³-hybridized carbons (Fsp3) is 0.438. The standard InChI is InChI=1S/C16H20BrNO2/c1-4-15(19)20-10-16(2,3)8-11-9-18-14-6-5-12(17)7-13(11)14/h5-7,9,18H,4,8,10H2,1-3H3. The van der Waals surface area contributed by atoms with E-state index in [0.717, 1.165) is 16.4 Å². The van der Waals surface area contributed by atoms with E-state index in [1.807, 2.05) is 19.2 Å². The first-order valence-corrected chi connectivity index (χ1v) is 7.62. The number of hydrogen-bond donors (Lipinski definition) is 1. The van der Waals surface area contributed by atoms with E-state index in [0.29, 0.717) is 13.0 Å². The summed E-state index contributed by atoms with van der Waals surface area (Å²) in [5, 5.41) is 1.22. The molecule has 1 aromatic heterocycles. The number of esters is 1. The van der Waals surface area contributed by atoms with Crippen molar-refractivity contribution in [3.8, 4) is 0 Å². The number of aromatic nitrogens is 1. The number of rotatable bonds is 5. The summed E-state index contributed by atoms with van der Waals surface area (Å²) in [4.78, 5) is 14.6. The van der Waals surface area contributed by atoms with Crippen LogP contribution < -0.4 is 0 Å². The number of carbonyl (C=O) groups is 1. The van der Waals surface area contributed by atoms with Crippen molar-refractivity contribution >= 4 is 32.8 Å². The van der Waals surface area contributed by atoms with Crippen molar-refractivity contribution in [2.75, 3.05) is 6.61 Å². The maximum Gasteiger partial charge on any atom is 0.305 e. The molecule has 0 aliphatic rings. The molecule has 0 radical (unpaired) electrons. The lowest BCUT2D eigenvalue weighted by Crippen LogP contribution is -2.24. The number of ether oxygens (including phenoxy) is 1. The van der Waals surface area contributed by atoms with Gasteiger partial charge in [0.05, 0.1) is 6.61 Å². The molecule has 0 aliphatic heterocycles. The van der Waals surface area contributed by atoms with Crippen LogP contribution in [0.3, 0.4) is 0 Å². The summed E-state index contributed by atoms with van der Waals surface area (Å²) >= 11 is 3.51. The summed E-state index contributed by atoms with van der Waals surface area (Å²) in [6.45, 7) is 6.49. The van der Waals surface area contributed by atoms with Crippen molar-refractivity contribution in [2.24, 2.45) is 5.41 Å². The highest BCUT2D eigenvalue weighted by Gasteiger charge is 2.22. The second-order valence-electron chi connectivity index (χ2n) is 5.86. The number of halogens is 1. The third-order valence-electron chi connectivity index (χ3n) is 3.31. The van der Waals surface area contributed by atoms with E-state index < -0.39 is 0 Å². The molecule has 3 nitrogen and oxygen atoms in total. The van der Waals surface area contributed by atoms with Crippen LogP contribution in [0.5, 0.6) is 0 Å². The first kappa shape index (κ1) is 15.1. The van der Waals surface area contributed by atoms with Crippen LogP contribution in [0.4, 0.5) is 0 Å². The summed E-state index contributed by atoms with van der Waals surface area (Å²) in [5.41, 5.74) is 2.30. The van der Waals surface area contributed by atoms with Crippen LogP contribution >= 0.6 is 15.9 Å². The molecule has 0 saturated heterocycles. The minimum atomic E-state index is -0.139. The second-order valence-corrected chi connectivity index (χ2v) is 6.77. The fourth-order valence-corrected chi connectivity index (χ4v) is 2.60. The van der Waals surface area contributed by atoms with Gasteiger partial charge in [0.15, 0.2) is 0 Å². The quantitative estimate of drug-likeness (QED) is 0.819. The van der Waals surface area contributed by atoms with Crippen molar-refractivity contribution in [3.63, 3.8) is 0 Å². The molecule has 20 heavy (non-hydrogen) atoms. The highest BCUT2D eigenvalue weighted by molar-refractivity contribution is 9.10. The predicted octanol–water partition coefficient (Wildman–Crippen LogP) is 4.45. The number of benzene rings is 1. The monoisotopic (exact) mass is 337 g/mol. The van der Waals surface area contributed by atoms with Gasteiger partial charge in [0.25, 0.3) is 0 Å². The van der Waals surface area contributed by atoms with Crippen molar-refractivity contribution in [3.05, 3.63) is 34.4 Å². The molecule has 2 rings (SSSR count). The van der Waals surface area contributed by atoms with E-state index in [2.05, 4.69) is 46.9 Å². The van der Waals surface area contributed by atoms with Crippen molar-refractivity contribution in [1.29, 1.82) is 0 Å². The van der Waals surface area contributed by atoms with E-state index in [9.17, 15) is 4.79 Å². The van der Waals surface area contributed by atoms with E-state index in [1.54, 1.807) is 0 Å². The van der Waals surface area contributed by atoms with Gasteiger partial charge in [-0.2, -0.15) is 0 Å². The van der Waals surface area contributed by atoms with Gasteiger partial charge >= 0.3 is 5.97 Å². The van der Waals surface area contributed by atoms with Gasteiger partial charge in [-0.1, -0.05) is 36.7 Å². The zero-order valence-electron chi connectivity index (χ0n) is 12.1. The number of fused-ring (bicyclic) bond motifs is 1. The second kappa shape index (κ2) is 6.00. The van der Waals surface area contributed by atoms with Crippen LogP contribution in [0, 0.1) is 5.41 Å². The van der Waals surface area contributed by atoms with Crippen molar-refractivity contribution in [1.82, 2.24) is 4.98 Å². The van der Waals surface area contributed by atoms with Gasteiger partial charge in [-0.05, 0) is 30.2 Å². The Kier molecular flexibility index (Phi) is 4.53. The van der Waals surface area contributed by atoms with Gasteiger partial charge < -0.3 is 9.72 Å². The maximum atomic E-state index is 11.3. The molecule has 0 saturated carbocycles. The Morgan fingerprint density at radius 1 is 1.40 bits per heavy atom. The fourth-order valence-electron chi connectivity index (χ4n) is 2.24. The van der Waals surface area contributed by atoms with E-state index in [-0.39, 0.29) is 11.4 Å². The van der Waals surface area contributed by atoms with Gasteiger partial charge in [-0.3, -0.25) is 4.79 Å². The predicted molar refractivity (Wildman–Crippen MR) is 84.7 cm³/mol. The minimum Gasteiger partial charge on any atom is -0.465 e. The first-order valence-electron chi connectivity index (χ1n) is 6.82. The molecule has 1 aromatic carbocycles. The number of hydrogen-bond acceptors (Lipinski definition) is 2. The average Bonchev–Trinajstić information content (AvgIpc) is 2.78. The maximum absolute atomic E-state index is 11.3. The van der Waals surface area contributed by atoms with Gasteiger partial charge in [0.2, 0.25) is 0 Å². The van der Waals surface area contributed by atoms with Crippen LogP contribution in [0.1, 0.15) is 32.8 Å². The van der Waals surface area contributed by atoms with Crippen molar-refractivity contribution < 1.29 is 9.53 Å². The Morgan fingerprint density at radius 3 is 2.85 bits per heavy atom. The zero-order valence-corrected chi connectivity index (χ0v) is 13.7. The van der Waals surface area contributed by atoms with Gasteiger partial charge in [-0.25, -0.2) is 0 Å². The molecule has 0 atom stereocenters. The first-order chi connectivity index (χ1) is 9.41. The Bertz CT molecular complexity index is 616. The number of carbonyl (C=O) groups excluding carboxylic acids is 1. The number of nitrogens with one attached hydrogen (secondary N) is 1. The Hall–Kier alpha value is -1.29. The van der Waals surface area contributed by atoms with Crippen molar-refractivity contribution in [2.45, 2.75) is 33.6 Å². The number of aromatic amines is 1. The topological polar surface area (TPSA) is 42.1 Å². The lowest BCUT2D eigenvalue weighted by Gasteiger charge is -2.23. The van der Waals surface area contributed by atoms with E-state index in [4.69, 9.17) is 4.74 Å². The van der Waals surface area contributed by atoms with Gasteiger partial charge in [-0.15, -0.1) is 0 Å². The van der Waals surface area contributed by atoms with Crippen LogP contribution in [0.2, 0.25) is 0 Å². The molecule has 108 valence electrons. The molecule has 0 spiro atoms. The summed E-state index contributed by atoms with van der Waals surface area (Å²) in [7, 11) is 0. The largest absolute Gasteiger partial charge is 0.465 e. The average molecular weight is 338 g/mol. The summed E-state index contributed by atoms with van der Waals surface area (Å²) in [5.74, 6) is -0.139. The van der Waals surface area contributed by atoms with E-state index >= 15 is 0 Å². The molecule has 0 amide bonds. The van der Waals surface area contributed by atoms with E-state index in [1.165, 1.54) is 10.9 Å². The van der Waals surface area contributed by atoms with Crippen LogP contribution in [-0.4, -0.2) is 17.6 Å². The lowest BCUT2D eigenvalue weighted by atomic mass is 9.86. The number of H-pyrrole nitrogens is 1. The normalized spacial score (nSPS) is 11.8. The Labute approximate surface area is 127 Å².